The predicted molar refractivity (Wildman–Crippen MR) is 179 cm³/mol. The van der Waals surface area contributed by atoms with Crippen molar-refractivity contribution in [1.82, 2.24) is 14.8 Å². The first kappa shape index (κ1) is 31.0. The van der Waals surface area contributed by atoms with Gasteiger partial charge in [0.05, 0.1) is 5.57 Å². The largest absolute Gasteiger partial charge is 0.489 e. The Labute approximate surface area is 280 Å². The summed E-state index contributed by atoms with van der Waals surface area (Å²) < 4.78 is 13.5. The number of carbonyl (C=O) groups excluding carboxylic acids is 1. The topological polar surface area (TPSA) is 78.3 Å². The summed E-state index contributed by atoms with van der Waals surface area (Å²) in [5.74, 6) is 1.31. The Hall–Kier alpha value is -3.95. The van der Waals surface area contributed by atoms with E-state index in [1.165, 1.54) is 11.8 Å². The van der Waals surface area contributed by atoms with Crippen molar-refractivity contribution in [2.75, 3.05) is 5.32 Å². The van der Waals surface area contributed by atoms with Crippen molar-refractivity contribution in [3.05, 3.63) is 146 Å². The van der Waals surface area contributed by atoms with Crippen LogP contribution in [0.4, 0.5) is 5.95 Å². The maximum atomic E-state index is 13.7. The Morgan fingerprint density at radius 2 is 1.64 bits per heavy atom. The summed E-state index contributed by atoms with van der Waals surface area (Å²) in [6.07, 6.45) is 0. The lowest BCUT2D eigenvalue weighted by Gasteiger charge is -2.28. The number of hydrogen-bond donors (Lipinski definition) is 1. The van der Waals surface area contributed by atoms with E-state index in [0.29, 0.717) is 48.9 Å². The van der Waals surface area contributed by atoms with Crippen molar-refractivity contribution in [2.45, 2.75) is 37.1 Å². The molecule has 0 saturated heterocycles. The Kier molecular flexibility index (Phi) is 9.66. The maximum absolute atomic E-state index is 13.7. The van der Waals surface area contributed by atoms with E-state index in [1.54, 1.807) is 16.8 Å². The van der Waals surface area contributed by atoms with Gasteiger partial charge >= 0.3 is 5.97 Å². The van der Waals surface area contributed by atoms with Crippen LogP contribution in [0.15, 0.2) is 113 Å². The van der Waals surface area contributed by atoms with Crippen molar-refractivity contribution in [3.8, 4) is 5.75 Å². The molecule has 0 amide bonds. The number of halogens is 3. The minimum absolute atomic E-state index is 0.145. The number of carbonyl (C=O) groups is 1. The second-order valence-electron chi connectivity index (χ2n) is 10.3. The Morgan fingerprint density at radius 1 is 0.889 bits per heavy atom. The maximum Gasteiger partial charge on any atom is 0.338 e. The highest BCUT2D eigenvalue weighted by atomic mass is 35.5. The van der Waals surface area contributed by atoms with E-state index in [4.69, 9.17) is 54.4 Å². The molecule has 1 aliphatic rings. The molecular weight excluding hydrogens is 651 g/mol. The molecule has 1 atom stereocenters. The van der Waals surface area contributed by atoms with Crippen molar-refractivity contribution in [3.63, 3.8) is 0 Å². The van der Waals surface area contributed by atoms with Crippen LogP contribution in [0.25, 0.3) is 0 Å². The Balaban J connectivity index is 1.27. The fourth-order valence-corrected chi connectivity index (χ4v) is 6.45. The number of thioether (sulfide) groups is 1. The summed E-state index contributed by atoms with van der Waals surface area (Å²) >= 11 is 20.2. The quantitative estimate of drug-likeness (QED) is 0.117. The number of fused-ring (bicyclic) bond motifs is 1. The molecule has 45 heavy (non-hydrogen) atoms. The van der Waals surface area contributed by atoms with Crippen LogP contribution < -0.4 is 10.1 Å². The summed E-state index contributed by atoms with van der Waals surface area (Å²) in [6, 6.07) is 29.5. The SMILES string of the molecule is CC1=C(C(=O)OCc2ccccc2)C(c2ccc(OCc3ccc(Cl)cc3Cl)cc2)n2nc(SCc3ccccc3Cl)nc2N1. The van der Waals surface area contributed by atoms with Gasteiger partial charge in [-0.05, 0) is 53.9 Å². The van der Waals surface area contributed by atoms with Gasteiger partial charge in [0.15, 0.2) is 0 Å². The van der Waals surface area contributed by atoms with E-state index in [0.717, 1.165) is 22.3 Å². The van der Waals surface area contributed by atoms with E-state index in [2.05, 4.69) is 5.32 Å². The van der Waals surface area contributed by atoms with Gasteiger partial charge < -0.3 is 14.8 Å². The Morgan fingerprint density at radius 3 is 2.40 bits per heavy atom. The molecule has 0 aliphatic carbocycles. The average Bonchev–Trinajstić information content (AvgIpc) is 3.45. The van der Waals surface area contributed by atoms with E-state index >= 15 is 0 Å². The molecule has 0 spiro atoms. The molecule has 2 heterocycles. The number of nitrogens with zero attached hydrogens (tertiary/aromatic N) is 3. The van der Waals surface area contributed by atoms with Crippen LogP contribution in [0.3, 0.4) is 0 Å². The van der Waals surface area contributed by atoms with Crippen LogP contribution >= 0.6 is 46.6 Å². The first-order valence-electron chi connectivity index (χ1n) is 14.0. The summed E-state index contributed by atoms with van der Waals surface area (Å²) in [5, 5.41) is 10.4. The highest BCUT2D eigenvalue weighted by Crippen LogP contribution is 2.38. The first-order valence-corrected chi connectivity index (χ1v) is 16.2. The van der Waals surface area contributed by atoms with Crippen molar-refractivity contribution in [1.29, 1.82) is 0 Å². The number of benzene rings is 4. The number of hydrogen-bond acceptors (Lipinski definition) is 7. The number of nitrogens with one attached hydrogen (secondary N) is 1. The van der Waals surface area contributed by atoms with Crippen molar-refractivity contribution >= 4 is 58.5 Å². The summed E-state index contributed by atoms with van der Waals surface area (Å²) in [5.41, 5.74) is 4.58. The third kappa shape index (κ3) is 7.31. The number of allylic oxidation sites excluding steroid dienone is 1. The lowest BCUT2D eigenvalue weighted by molar-refractivity contribution is -0.140. The molecule has 1 aliphatic heterocycles. The number of anilines is 1. The van der Waals surface area contributed by atoms with Gasteiger partial charge in [-0.3, -0.25) is 0 Å². The minimum atomic E-state index is -0.591. The van der Waals surface area contributed by atoms with Crippen LogP contribution in [0.5, 0.6) is 5.75 Å². The fraction of sp³-hybridized carbons (Fsp3) is 0.147. The molecule has 1 N–H and O–H groups in total. The zero-order valence-electron chi connectivity index (χ0n) is 24.0. The third-order valence-electron chi connectivity index (χ3n) is 7.19. The van der Waals surface area contributed by atoms with Crippen LogP contribution in [0, 0.1) is 0 Å². The monoisotopic (exact) mass is 676 g/mol. The van der Waals surface area contributed by atoms with Crippen LogP contribution in [0.1, 0.15) is 35.2 Å². The Bertz CT molecular complexity index is 1860. The van der Waals surface area contributed by atoms with Crippen LogP contribution in [-0.4, -0.2) is 20.7 Å². The van der Waals surface area contributed by atoms with Gasteiger partial charge in [-0.1, -0.05) is 113 Å². The predicted octanol–water partition coefficient (Wildman–Crippen LogP) is 9.14. The molecule has 0 saturated carbocycles. The highest BCUT2D eigenvalue weighted by molar-refractivity contribution is 7.98. The minimum Gasteiger partial charge on any atom is -0.489 e. The normalized spacial score (nSPS) is 14.1. The molecule has 5 aromatic rings. The molecular formula is C34H27Cl3N4O3S. The second-order valence-corrected chi connectivity index (χ2v) is 12.5. The van der Waals surface area contributed by atoms with Crippen molar-refractivity contribution in [2.24, 2.45) is 0 Å². The van der Waals surface area contributed by atoms with Gasteiger partial charge in [0.25, 0.3) is 0 Å². The lowest BCUT2D eigenvalue weighted by atomic mass is 9.95. The molecule has 4 aromatic carbocycles. The molecule has 0 bridgehead atoms. The molecule has 11 heteroatoms. The fourth-order valence-electron chi connectivity index (χ4n) is 4.87. The van der Waals surface area contributed by atoms with Gasteiger partial charge in [0, 0.05) is 32.1 Å². The summed E-state index contributed by atoms with van der Waals surface area (Å²) in [7, 11) is 0. The van der Waals surface area contributed by atoms with Gasteiger partial charge in [0.2, 0.25) is 11.1 Å². The van der Waals surface area contributed by atoms with Gasteiger partial charge in [-0.2, -0.15) is 4.98 Å². The zero-order chi connectivity index (χ0) is 31.3. The summed E-state index contributed by atoms with van der Waals surface area (Å²) in [6.45, 7) is 2.26. The number of aromatic nitrogens is 3. The summed E-state index contributed by atoms with van der Waals surface area (Å²) in [4.78, 5) is 18.4. The van der Waals surface area contributed by atoms with Crippen molar-refractivity contribution < 1.29 is 14.3 Å². The number of ether oxygens (including phenoxy) is 2. The smallest absolute Gasteiger partial charge is 0.338 e. The van der Waals surface area contributed by atoms with E-state index in [1.807, 2.05) is 91.9 Å². The number of rotatable bonds is 10. The molecule has 0 radical (unpaired) electrons. The van der Waals surface area contributed by atoms with Gasteiger partial charge in [-0.25, -0.2) is 9.48 Å². The molecule has 228 valence electrons. The van der Waals surface area contributed by atoms with E-state index in [9.17, 15) is 4.79 Å². The van der Waals surface area contributed by atoms with Crippen LogP contribution in [0.2, 0.25) is 15.1 Å². The molecule has 6 rings (SSSR count). The van der Waals surface area contributed by atoms with Crippen LogP contribution in [-0.2, 0) is 28.5 Å². The first-order chi connectivity index (χ1) is 21.9. The lowest BCUT2D eigenvalue weighted by Crippen LogP contribution is -2.29. The molecule has 0 fully saturated rings. The van der Waals surface area contributed by atoms with E-state index < -0.39 is 12.0 Å². The van der Waals surface area contributed by atoms with E-state index in [-0.39, 0.29) is 13.2 Å². The highest BCUT2D eigenvalue weighted by Gasteiger charge is 2.35. The average molecular weight is 678 g/mol. The molecule has 7 nitrogen and oxygen atoms in total. The standard InChI is InChI=1S/C34H27Cl3N4O3S/c1-21-30(32(42)44-18-22-7-3-2-4-8-22)31(23-12-15-27(16-13-23)43-19-24-11-14-26(35)17-29(24)37)41-33(38-21)39-34(40-41)45-20-25-9-5-6-10-28(25)36/h2-17,31H,18-20H2,1H3,(H,38,39,40). The molecule has 1 unspecified atom stereocenters. The third-order valence-corrected chi connectivity index (χ3v) is 9.03. The van der Waals surface area contributed by atoms with Gasteiger partial charge in [-0.15, -0.1) is 5.10 Å². The zero-order valence-corrected chi connectivity index (χ0v) is 27.1. The van der Waals surface area contributed by atoms with Gasteiger partial charge in [0.1, 0.15) is 25.0 Å². The number of esters is 1. The molecule has 1 aromatic heterocycles. The second kappa shape index (κ2) is 14.0.